The first-order chi connectivity index (χ1) is 9.25. The Balaban J connectivity index is 1.62. The zero-order chi connectivity index (χ0) is 13.5. The van der Waals surface area contributed by atoms with Crippen molar-refractivity contribution in [2.45, 2.75) is 51.5 Å². The van der Waals surface area contributed by atoms with Crippen LogP contribution in [0.5, 0.6) is 0 Å². The van der Waals surface area contributed by atoms with Crippen LogP contribution in [0.1, 0.15) is 54.8 Å². The van der Waals surface area contributed by atoms with Gasteiger partial charge >= 0.3 is 0 Å². The van der Waals surface area contributed by atoms with E-state index in [0.29, 0.717) is 12.6 Å². The number of nitrogens with one attached hydrogen (secondary N) is 2. The molecule has 1 saturated carbocycles. The van der Waals surface area contributed by atoms with Crippen LogP contribution in [-0.4, -0.2) is 30.2 Å². The highest BCUT2D eigenvalue weighted by atomic mass is 16.5. The quantitative estimate of drug-likeness (QED) is 0.631. The molecule has 2 N–H and O–H groups in total. The molecule has 5 nitrogen and oxygen atoms in total. The van der Waals surface area contributed by atoms with Crippen LogP contribution in [0.4, 0.5) is 0 Å². The minimum atomic E-state index is -0.191. The number of carbonyl (C=O) groups excluding carboxylic acids is 1. The van der Waals surface area contributed by atoms with Crippen molar-refractivity contribution in [3.63, 3.8) is 0 Å². The molecule has 1 fully saturated rings. The lowest BCUT2D eigenvalue weighted by Gasteiger charge is -2.16. The summed E-state index contributed by atoms with van der Waals surface area (Å²) in [6.45, 7) is 3.23. The summed E-state index contributed by atoms with van der Waals surface area (Å²) in [5.74, 6) is 0.0928. The SMILES string of the molecule is Cc1cc(C(=O)NCCNC2CCCCCC2)on1. The number of nitrogens with zero attached hydrogens (tertiary/aromatic N) is 1. The number of rotatable bonds is 5. The maximum atomic E-state index is 11.7. The number of amides is 1. The lowest BCUT2D eigenvalue weighted by molar-refractivity contribution is 0.0916. The Kier molecular flexibility index (Phi) is 5.39. The standard InChI is InChI=1S/C14H23N3O2/c1-11-10-13(19-17-11)14(18)16-9-8-15-12-6-4-2-3-5-7-12/h10,12,15H,2-9H2,1H3,(H,16,18). The summed E-state index contributed by atoms with van der Waals surface area (Å²) in [5.41, 5.74) is 0.724. The molecule has 1 aliphatic carbocycles. The van der Waals surface area contributed by atoms with Crippen LogP contribution in [0.15, 0.2) is 10.6 Å². The normalized spacial score (nSPS) is 17.1. The fourth-order valence-corrected chi connectivity index (χ4v) is 2.49. The highest BCUT2D eigenvalue weighted by Crippen LogP contribution is 2.16. The molecule has 0 aromatic carbocycles. The van der Waals surface area contributed by atoms with Crippen LogP contribution >= 0.6 is 0 Å². The molecule has 5 heteroatoms. The van der Waals surface area contributed by atoms with Gasteiger partial charge in [-0.15, -0.1) is 0 Å². The van der Waals surface area contributed by atoms with Crippen molar-refractivity contribution in [2.24, 2.45) is 0 Å². The van der Waals surface area contributed by atoms with Crippen molar-refractivity contribution in [3.8, 4) is 0 Å². The molecule has 1 heterocycles. The third-order valence-corrected chi connectivity index (χ3v) is 3.55. The first-order valence-electron chi connectivity index (χ1n) is 7.20. The number of aryl methyl sites for hydroxylation is 1. The maximum absolute atomic E-state index is 11.7. The van der Waals surface area contributed by atoms with Gasteiger partial charge in [-0.05, 0) is 19.8 Å². The zero-order valence-electron chi connectivity index (χ0n) is 11.6. The fraction of sp³-hybridized carbons (Fsp3) is 0.714. The van der Waals surface area contributed by atoms with Gasteiger partial charge in [0.2, 0.25) is 5.76 Å². The Hall–Kier alpha value is -1.36. The summed E-state index contributed by atoms with van der Waals surface area (Å²) < 4.78 is 4.91. The van der Waals surface area contributed by atoms with Crippen molar-refractivity contribution >= 4 is 5.91 Å². The van der Waals surface area contributed by atoms with Crippen molar-refractivity contribution in [1.29, 1.82) is 0 Å². The number of carbonyl (C=O) groups is 1. The Morgan fingerprint density at radius 1 is 1.32 bits per heavy atom. The molecule has 0 bridgehead atoms. The molecule has 106 valence electrons. The molecule has 0 saturated heterocycles. The maximum Gasteiger partial charge on any atom is 0.289 e. The van der Waals surface area contributed by atoms with E-state index in [1.807, 2.05) is 0 Å². The van der Waals surface area contributed by atoms with Crippen molar-refractivity contribution < 1.29 is 9.32 Å². The van der Waals surface area contributed by atoms with E-state index >= 15 is 0 Å². The van der Waals surface area contributed by atoms with Crippen molar-refractivity contribution in [2.75, 3.05) is 13.1 Å². The fourth-order valence-electron chi connectivity index (χ4n) is 2.49. The lowest BCUT2D eigenvalue weighted by atomic mass is 10.1. The second kappa shape index (κ2) is 7.28. The van der Waals surface area contributed by atoms with Gasteiger partial charge in [0.25, 0.3) is 5.91 Å². The van der Waals surface area contributed by atoms with E-state index in [1.54, 1.807) is 13.0 Å². The van der Waals surface area contributed by atoms with Gasteiger partial charge in [-0.25, -0.2) is 0 Å². The largest absolute Gasteiger partial charge is 0.351 e. The summed E-state index contributed by atoms with van der Waals surface area (Å²) >= 11 is 0. The van der Waals surface area contributed by atoms with Gasteiger partial charge in [-0.1, -0.05) is 30.8 Å². The Morgan fingerprint density at radius 3 is 2.68 bits per heavy atom. The van der Waals surface area contributed by atoms with E-state index in [4.69, 9.17) is 4.52 Å². The lowest BCUT2D eigenvalue weighted by Crippen LogP contribution is -2.36. The summed E-state index contributed by atoms with van der Waals surface area (Å²) in [5, 5.41) is 10.0. The molecule has 0 radical (unpaired) electrons. The van der Waals surface area contributed by atoms with Gasteiger partial charge in [0, 0.05) is 25.2 Å². The smallest absolute Gasteiger partial charge is 0.289 e. The molecule has 1 amide bonds. The van der Waals surface area contributed by atoms with Crippen molar-refractivity contribution in [1.82, 2.24) is 15.8 Å². The zero-order valence-corrected chi connectivity index (χ0v) is 11.6. The first kappa shape index (κ1) is 14.1. The van der Waals surface area contributed by atoms with Crippen LogP contribution in [-0.2, 0) is 0 Å². The van der Waals surface area contributed by atoms with Gasteiger partial charge in [-0.3, -0.25) is 4.79 Å². The van der Waals surface area contributed by atoms with Crippen LogP contribution in [0.2, 0.25) is 0 Å². The third kappa shape index (κ3) is 4.67. The number of aromatic nitrogens is 1. The minimum absolute atomic E-state index is 0.191. The van der Waals surface area contributed by atoms with E-state index in [0.717, 1.165) is 12.2 Å². The minimum Gasteiger partial charge on any atom is -0.351 e. The highest BCUT2D eigenvalue weighted by molar-refractivity contribution is 5.91. The predicted molar refractivity (Wildman–Crippen MR) is 73.1 cm³/mol. The Morgan fingerprint density at radius 2 is 2.05 bits per heavy atom. The molecule has 1 aromatic rings. The molecule has 1 aliphatic rings. The van der Waals surface area contributed by atoms with E-state index in [-0.39, 0.29) is 11.7 Å². The van der Waals surface area contributed by atoms with Gasteiger partial charge in [0.15, 0.2) is 0 Å². The molecule has 19 heavy (non-hydrogen) atoms. The van der Waals surface area contributed by atoms with Gasteiger partial charge in [0.1, 0.15) is 0 Å². The summed E-state index contributed by atoms with van der Waals surface area (Å²) in [6.07, 6.45) is 7.88. The van der Waals surface area contributed by atoms with Gasteiger partial charge in [0.05, 0.1) is 5.69 Å². The van der Waals surface area contributed by atoms with E-state index in [9.17, 15) is 4.79 Å². The summed E-state index contributed by atoms with van der Waals surface area (Å²) in [6, 6.07) is 2.26. The molecular weight excluding hydrogens is 242 g/mol. The average Bonchev–Trinajstić information content (AvgIpc) is 2.68. The molecule has 0 atom stereocenters. The van der Waals surface area contributed by atoms with Gasteiger partial charge in [-0.2, -0.15) is 0 Å². The molecule has 2 rings (SSSR count). The van der Waals surface area contributed by atoms with Crippen LogP contribution in [0, 0.1) is 6.92 Å². The van der Waals surface area contributed by atoms with E-state index < -0.39 is 0 Å². The monoisotopic (exact) mass is 265 g/mol. The second-order valence-corrected chi connectivity index (χ2v) is 5.23. The number of hydrogen-bond donors (Lipinski definition) is 2. The van der Waals surface area contributed by atoms with E-state index in [1.165, 1.54) is 38.5 Å². The molecule has 0 spiro atoms. The molecular formula is C14H23N3O2. The predicted octanol–water partition coefficient (Wildman–Crippen LogP) is 2.03. The topological polar surface area (TPSA) is 67.2 Å². The molecule has 0 unspecified atom stereocenters. The molecule has 0 aliphatic heterocycles. The summed E-state index contributed by atoms with van der Waals surface area (Å²) in [7, 11) is 0. The van der Waals surface area contributed by atoms with E-state index in [2.05, 4.69) is 15.8 Å². The Bertz CT molecular complexity index is 395. The number of hydrogen-bond acceptors (Lipinski definition) is 4. The third-order valence-electron chi connectivity index (χ3n) is 3.55. The molecule has 1 aromatic heterocycles. The first-order valence-corrected chi connectivity index (χ1v) is 7.20. The summed E-state index contributed by atoms with van der Waals surface area (Å²) in [4.78, 5) is 11.7. The Labute approximate surface area is 114 Å². The van der Waals surface area contributed by atoms with Gasteiger partial charge < -0.3 is 15.2 Å². The van der Waals surface area contributed by atoms with Crippen molar-refractivity contribution in [3.05, 3.63) is 17.5 Å². The van der Waals surface area contributed by atoms with Crippen LogP contribution < -0.4 is 10.6 Å². The second-order valence-electron chi connectivity index (χ2n) is 5.23. The highest BCUT2D eigenvalue weighted by Gasteiger charge is 2.12. The van der Waals surface area contributed by atoms with Crippen LogP contribution in [0.3, 0.4) is 0 Å². The van der Waals surface area contributed by atoms with Crippen LogP contribution in [0.25, 0.3) is 0 Å². The average molecular weight is 265 g/mol.